The second kappa shape index (κ2) is 7.64. The van der Waals surface area contributed by atoms with Gasteiger partial charge in [-0.2, -0.15) is 0 Å². The van der Waals surface area contributed by atoms with E-state index in [1.165, 1.54) is 24.2 Å². The quantitative estimate of drug-likeness (QED) is 0.780. The van der Waals surface area contributed by atoms with Crippen molar-refractivity contribution in [2.75, 3.05) is 11.9 Å². The van der Waals surface area contributed by atoms with Crippen LogP contribution in [-0.2, 0) is 16.0 Å². The van der Waals surface area contributed by atoms with Gasteiger partial charge in [0.1, 0.15) is 0 Å². The fourth-order valence-electron chi connectivity index (χ4n) is 2.91. The lowest BCUT2D eigenvalue weighted by Gasteiger charge is -2.19. The number of aromatic nitrogens is 1. The molecule has 6 nitrogen and oxygen atoms in total. The SMILES string of the molecule is CCC(C)CC(=O)Nc1nc2c(s1)C(=O)CC(C(=O)NCC1CC1)C2. The van der Waals surface area contributed by atoms with Gasteiger partial charge in [-0.05, 0) is 24.7 Å². The van der Waals surface area contributed by atoms with E-state index in [1.54, 1.807) is 0 Å². The van der Waals surface area contributed by atoms with Crippen LogP contribution in [0, 0.1) is 17.8 Å². The Hall–Kier alpha value is -1.76. The molecule has 0 spiro atoms. The molecule has 1 saturated carbocycles. The first-order valence-corrected chi connectivity index (χ1v) is 9.88. The van der Waals surface area contributed by atoms with Crippen molar-refractivity contribution in [1.29, 1.82) is 0 Å². The van der Waals surface area contributed by atoms with Crippen LogP contribution in [0.15, 0.2) is 0 Å². The normalized spacial score (nSPS) is 20.7. The Morgan fingerprint density at radius 1 is 1.32 bits per heavy atom. The van der Waals surface area contributed by atoms with Gasteiger partial charge >= 0.3 is 0 Å². The summed E-state index contributed by atoms with van der Waals surface area (Å²) >= 11 is 1.22. The van der Waals surface area contributed by atoms with E-state index in [0.29, 0.717) is 46.9 Å². The molecule has 2 N–H and O–H groups in total. The van der Waals surface area contributed by atoms with E-state index in [-0.39, 0.29) is 29.9 Å². The van der Waals surface area contributed by atoms with Crippen molar-refractivity contribution in [3.8, 4) is 0 Å². The van der Waals surface area contributed by atoms with Crippen LogP contribution in [0.4, 0.5) is 5.13 Å². The topological polar surface area (TPSA) is 88.2 Å². The molecule has 0 aliphatic heterocycles. The van der Waals surface area contributed by atoms with Gasteiger partial charge in [0.05, 0.1) is 16.5 Å². The third-order valence-electron chi connectivity index (χ3n) is 4.93. The zero-order valence-corrected chi connectivity index (χ0v) is 15.6. The number of nitrogens with one attached hydrogen (secondary N) is 2. The Morgan fingerprint density at radius 2 is 2.08 bits per heavy atom. The number of hydrogen-bond donors (Lipinski definition) is 2. The molecular weight excluding hydrogens is 338 g/mol. The zero-order valence-electron chi connectivity index (χ0n) is 14.8. The molecule has 2 atom stereocenters. The van der Waals surface area contributed by atoms with Crippen molar-refractivity contribution in [1.82, 2.24) is 10.3 Å². The standard InChI is InChI=1S/C18H25N3O3S/c1-3-10(2)6-15(23)21-18-20-13-7-12(8-14(22)16(13)25-18)17(24)19-9-11-4-5-11/h10-12H,3-9H2,1-2H3,(H,19,24)(H,20,21,23). The predicted octanol–water partition coefficient (Wildman–Crippen LogP) is 2.79. The molecule has 136 valence electrons. The van der Waals surface area contributed by atoms with Crippen LogP contribution in [0.3, 0.4) is 0 Å². The lowest BCUT2D eigenvalue weighted by molar-refractivity contribution is -0.125. The number of anilines is 1. The smallest absolute Gasteiger partial charge is 0.226 e. The Labute approximate surface area is 151 Å². The number of nitrogens with zero attached hydrogens (tertiary/aromatic N) is 1. The summed E-state index contributed by atoms with van der Waals surface area (Å²) in [4.78, 5) is 41.6. The Bertz CT molecular complexity index is 681. The number of carbonyl (C=O) groups excluding carboxylic acids is 3. The first-order chi connectivity index (χ1) is 12.0. The van der Waals surface area contributed by atoms with Gasteiger partial charge < -0.3 is 10.6 Å². The van der Waals surface area contributed by atoms with Crippen LogP contribution in [-0.4, -0.2) is 29.1 Å². The van der Waals surface area contributed by atoms with E-state index in [9.17, 15) is 14.4 Å². The van der Waals surface area contributed by atoms with Crippen LogP contribution in [0.5, 0.6) is 0 Å². The molecule has 25 heavy (non-hydrogen) atoms. The number of rotatable bonds is 7. The molecule has 2 amide bonds. The van der Waals surface area contributed by atoms with Gasteiger partial charge in [-0.25, -0.2) is 4.98 Å². The van der Waals surface area contributed by atoms with Crippen molar-refractivity contribution in [2.45, 2.75) is 52.4 Å². The maximum atomic E-state index is 12.4. The third kappa shape index (κ3) is 4.66. The van der Waals surface area contributed by atoms with Crippen LogP contribution in [0.2, 0.25) is 0 Å². The monoisotopic (exact) mass is 363 g/mol. The zero-order chi connectivity index (χ0) is 18.0. The molecule has 0 bridgehead atoms. The number of hydrogen-bond acceptors (Lipinski definition) is 5. The summed E-state index contributed by atoms with van der Waals surface area (Å²) < 4.78 is 0. The average molecular weight is 363 g/mol. The number of ketones is 1. The molecule has 2 aliphatic rings. The Balaban J connectivity index is 1.61. The molecule has 0 radical (unpaired) electrons. The van der Waals surface area contributed by atoms with Crippen molar-refractivity contribution >= 4 is 34.1 Å². The molecule has 2 aliphatic carbocycles. The highest BCUT2D eigenvalue weighted by atomic mass is 32.1. The number of carbonyl (C=O) groups is 3. The molecule has 7 heteroatoms. The largest absolute Gasteiger partial charge is 0.356 e. The fraction of sp³-hybridized carbons (Fsp3) is 0.667. The molecule has 2 unspecified atom stereocenters. The molecule has 1 fully saturated rings. The van der Waals surface area contributed by atoms with Crippen molar-refractivity contribution < 1.29 is 14.4 Å². The van der Waals surface area contributed by atoms with Gasteiger partial charge in [-0.1, -0.05) is 31.6 Å². The highest BCUT2D eigenvalue weighted by Crippen LogP contribution is 2.33. The molecule has 3 rings (SSSR count). The minimum Gasteiger partial charge on any atom is -0.356 e. The summed E-state index contributed by atoms with van der Waals surface area (Å²) in [5.74, 6) is 0.409. The van der Waals surface area contributed by atoms with Gasteiger partial charge in [0.15, 0.2) is 10.9 Å². The summed E-state index contributed by atoms with van der Waals surface area (Å²) in [5.41, 5.74) is 0.645. The fourth-order valence-corrected chi connectivity index (χ4v) is 3.87. The predicted molar refractivity (Wildman–Crippen MR) is 96.7 cm³/mol. The van der Waals surface area contributed by atoms with Gasteiger partial charge in [0.25, 0.3) is 0 Å². The summed E-state index contributed by atoms with van der Waals surface area (Å²) in [6.45, 7) is 4.79. The third-order valence-corrected chi connectivity index (χ3v) is 5.99. The number of Topliss-reactive ketones (excluding diaryl/α,β-unsaturated/α-hetero) is 1. The maximum absolute atomic E-state index is 12.4. The molecule has 1 aromatic rings. The second-order valence-electron chi connectivity index (χ2n) is 7.28. The minimum atomic E-state index is -0.343. The second-order valence-corrected chi connectivity index (χ2v) is 8.28. The highest BCUT2D eigenvalue weighted by molar-refractivity contribution is 7.17. The van der Waals surface area contributed by atoms with E-state index in [2.05, 4.69) is 15.6 Å². The summed E-state index contributed by atoms with van der Waals surface area (Å²) in [6, 6.07) is 0. The lowest BCUT2D eigenvalue weighted by atomic mass is 9.89. The first kappa shape index (κ1) is 18.0. The number of amides is 2. The van der Waals surface area contributed by atoms with Crippen LogP contribution >= 0.6 is 11.3 Å². The van der Waals surface area contributed by atoms with Crippen molar-refractivity contribution in [3.63, 3.8) is 0 Å². The van der Waals surface area contributed by atoms with Crippen LogP contribution < -0.4 is 10.6 Å². The van der Waals surface area contributed by atoms with Crippen LogP contribution in [0.1, 0.15) is 61.3 Å². The van der Waals surface area contributed by atoms with E-state index >= 15 is 0 Å². The molecule has 0 aromatic carbocycles. The lowest BCUT2D eigenvalue weighted by Crippen LogP contribution is -2.36. The van der Waals surface area contributed by atoms with Gasteiger partial charge in [-0.3, -0.25) is 14.4 Å². The van der Waals surface area contributed by atoms with Gasteiger partial charge in [0.2, 0.25) is 11.8 Å². The van der Waals surface area contributed by atoms with E-state index in [4.69, 9.17) is 0 Å². The maximum Gasteiger partial charge on any atom is 0.226 e. The molecule has 1 heterocycles. The molecule has 1 aromatic heterocycles. The average Bonchev–Trinajstić information content (AvgIpc) is 3.31. The summed E-state index contributed by atoms with van der Waals surface area (Å²) in [7, 11) is 0. The molecular formula is C18H25N3O3S. The highest BCUT2D eigenvalue weighted by Gasteiger charge is 2.33. The molecule has 0 saturated heterocycles. The summed E-state index contributed by atoms with van der Waals surface area (Å²) in [6.07, 6.45) is 4.44. The van der Waals surface area contributed by atoms with E-state index in [1.807, 2.05) is 13.8 Å². The van der Waals surface area contributed by atoms with Crippen LogP contribution in [0.25, 0.3) is 0 Å². The van der Waals surface area contributed by atoms with Crippen molar-refractivity contribution in [2.24, 2.45) is 17.8 Å². The Kier molecular flexibility index (Phi) is 5.51. The number of thiazole rings is 1. The first-order valence-electron chi connectivity index (χ1n) is 9.06. The summed E-state index contributed by atoms with van der Waals surface area (Å²) in [5, 5.41) is 6.20. The van der Waals surface area contributed by atoms with Gasteiger partial charge in [0, 0.05) is 25.8 Å². The van der Waals surface area contributed by atoms with E-state index < -0.39 is 0 Å². The number of fused-ring (bicyclic) bond motifs is 1. The minimum absolute atomic E-state index is 0.0484. The Morgan fingerprint density at radius 3 is 2.76 bits per heavy atom. The van der Waals surface area contributed by atoms with E-state index in [0.717, 1.165) is 6.42 Å². The van der Waals surface area contributed by atoms with Crippen molar-refractivity contribution in [3.05, 3.63) is 10.6 Å². The van der Waals surface area contributed by atoms with Gasteiger partial charge in [-0.15, -0.1) is 0 Å².